The van der Waals surface area contributed by atoms with E-state index >= 15 is 0 Å². The van der Waals surface area contributed by atoms with Crippen LogP contribution in [0.4, 0.5) is 5.69 Å². The van der Waals surface area contributed by atoms with Crippen molar-refractivity contribution < 1.29 is 9.72 Å². The topological polar surface area (TPSA) is 84.6 Å². The van der Waals surface area contributed by atoms with Crippen molar-refractivity contribution in [3.63, 3.8) is 0 Å². The van der Waals surface area contributed by atoms with Crippen LogP contribution in [0, 0.1) is 10.1 Å². The Morgan fingerprint density at radius 1 is 1.42 bits per heavy atom. The number of carbonyl (C=O) groups excluding carboxylic acids is 1. The molecule has 19 heavy (non-hydrogen) atoms. The number of thioether (sulfide) groups is 1. The maximum Gasteiger partial charge on any atom is 0.269 e. The van der Waals surface area contributed by atoms with Crippen LogP contribution in [0.25, 0.3) is 6.08 Å². The summed E-state index contributed by atoms with van der Waals surface area (Å²) in [7, 11) is 0. The van der Waals surface area contributed by atoms with Gasteiger partial charge in [0.1, 0.15) is 0 Å². The van der Waals surface area contributed by atoms with Crippen LogP contribution in [0.15, 0.2) is 35.3 Å². The molecule has 0 unspecified atom stereocenters. The molecule has 1 aliphatic rings. The van der Waals surface area contributed by atoms with Gasteiger partial charge in [0.05, 0.1) is 11.5 Å². The Hall–Kier alpha value is -2.15. The van der Waals surface area contributed by atoms with Crippen LogP contribution >= 0.6 is 11.8 Å². The molecule has 1 amide bonds. The number of benzene rings is 1. The highest BCUT2D eigenvalue weighted by Gasteiger charge is 2.08. The molecule has 1 aliphatic heterocycles. The average Bonchev–Trinajstić information content (AvgIpc) is 2.89. The van der Waals surface area contributed by atoms with Gasteiger partial charge in [0.2, 0.25) is 5.91 Å². The highest BCUT2D eigenvalue weighted by atomic mass is 32.2. The molecule has 0 aliphatic carbocycles. The van der Waals surface area contributed by atoms with E-state index in [2.05, 4.69) is 10.3 Å². The quantitative estimate of drug-likeness (QED) is 0.519. The van der Waals surface area contributed by atoms with E-state index in [1.807, 2.05) is 0 Å². The second kappa shape index (κ2) is 6.14. The predicted octanol–water partition coefficient (Wildman–Crippen LogP) is 1.83. The zero-order valence-electron chi connectivity index (χ0n) is 9.91. The second-order valence-electron chi connectivity index (χ2n) is 3.71. The number of nitro benzene ring substituents is 1. The van der Waals surface area contributed by atoms with Gasteiger partial charge in [-0.1, -0.05) is 11.8 Å². The Balaban J connectivity index is 1.94. The summed E-state index contributed by atoms with van der Waals surface area (Å²) in [6.07, 6.45) is 2.97. The van der Waals surface area contributed by atoms with Crippen LogP contribution < -0.4 is 5.32 Å². The zero-order chi connectivity index (χ0) is 13.7. The van der Waals surface area contributed by atoms with E-state index in [1.54, 1.807) is 18.2 Å². The predicted molar refractivity (Wildman–Crippen MR) is 75.0 cm³/mol. The molecule has 0 saturated heterocycles. The maximum atomic E-state index is 11.5. The van der Waals surface area contributed by atoms with Gasteiger partial charge in [-0.25, -0.2) is 0 Å². The number of non-ortho nitro benzene ring substituents is 1. The molecule has 1 heterocycles. The van der Waals surface area contributed by atoms with Crippen LogP contribution in [-0.4, -0.2) is 28.3 Å². The zero-order valence-corrected chi connectivity index (χ0v) is 10.7. The molecule has 0 radical (unpaired) electrons. The largest absolute Gasteiger partial charge is 0.302 e. The van der Waals surface area contributed by atoms with Crippen LogP contribution in [0.1, 0.15) is 5.56 Å². The lowest BCUT2D eigenvalue weighted by Gasteiger charge is -1.98. The molecule has 2 rings (SSSR count). The molecule has 0 atom stereocenters. The molecule has 0 bridgehead atoms. The molecule has 6 nitrogen and oxygen atoms in total. The fourth-order valence-electron chi connectivity index (χ4n) is 1.44. The lowest BCUT2D eigenvalue weighted by atomic mass is 10.2. The lowest BCUT2D eigenvalue weighted by Crippen LogP contribution is -2.25. The Morgan fingerprint density at radius 3 is 2.74 bits per heavy atom. The monoisotopic (exact) mass is 277 g/mol. The third-order valence-corrected chi connectivity index (χ3v) is 3.24. The number of rotatable bonds is 3. The normalized spacial score (nSPS) is 14.4. The minimum atomic E-state index is -0.463. The number of nitro groups is 1. The van der Waals surface area contributed by atoms with E-state index in [0.717, 1.165) is 17.9 Å². The van der Waals surface area contributed by atoms with Gasteiger partial charge in [-0.2, -0.15) is 0 Å². The minimum absolute atomic E-state index is 0.0262. The van der Waals surface area contributed by atoms with Crippen molar-refractivity contribution in [3.05, 3.63) is 46.0 Å². The van der Waals surface area contributed by atoms with Crippen LogP contribution in [0.2, 0.25) is 0 Å². The van der Waals surface area contributed by atoms with E-state index in [0.29, 0.717) is 5.17 Å². The smallest absolute Gasteiger partial charge is 0.269 e. The molecule has 1 aromatic rings. The molecule has 0 saturated carbocycles. The fraction of sp³-hybridized carbons (Fsp3) is 0.167. The molecule has 98 valence electrons. The van der Waals surface area contributed by atoms with E-state index in [-0.39, 0.29) is 11.6 Å². The number of amides is 1. The van der Waals surface area contributed by atoms with Crippen molar-refractivity contribution in [2.45, 2.75) is 0 Å². The third kappa shape index (κ3) is 3.92. The molecule has 0 aromatic heterocycles. The van der Waals surface area contributed by atoms with Gasteiger partial charge in [0.25, 0.3) is 5.69 Å². The standard InChI is InChI=1S/C12H11N3O3S/c16-11(14-12-13-7-8-19-12)6-3-9-1-4-10(5-2-9)15(17)18/h1-6H,7-8H2,(H,13,14,16)/b6-3+. The SMILES string of the molecule is O=C(/C=C/c1ccc([N+](=O)[O-])cc1)NC1=NCCS1. The summed E-state index contributed by atoms with van der Waals surface area (Å²) in [4.78, 5) is 25.7. The molecular weight excluding hydrogens is 266 g/mol. The summed E-state index contributed by atoms with van der Waals surface area (Å²) in [5.74, 6) is 0.633. The van der Waals surface area contributed by atoms with Gasteiger partial charge in [-0.3, -0.25) is 19.9 Å². The summed E-state index contributed by atoms with van der Waals surface area (Å²) >= 11 is 1.51. The van der Waals surface area contributed by atoms with E-state index in [1.165, 1.54) is 30.0 Å². The van der Waals surface area contributed by atoms with E-state index in [4.69, 9.17) is 0 Å². The van der Waals surface area contributed by atoms with E-state index < -0.39 is 4.92 Å². The van der Waals surface area contributed by atoms with Crippen LogP contribution in [0.5, 0.6) is 0 Å². The highest BCUT2D eigenvalue weighted by molar-refractivity contribution is 8.14. The highest BCUT2D eigenvalue weighted by Crippen LogP contribution is 2.13. The molecule has 0 fully saturated rings. The summed E-state index contributed by atoms with van der Waals surface area (Å²) in [5.41, 5.74) is 0.750. The van der Waals surface area contributed by atoms with Crippen molar-refractivity contribution >= 4 is 34.6 Å². The van der Waals surface area contributed by atoms with Gasteiger partial charge in [-0.05, 0) is 23.8 Å². The summed E-state index contributed by atoms with van der Waals surface area (Å²) < 4.78 is 0. The first kappa shape index (κ1) is 13.3. The maximum absolute atomic E-state index is 11.5. The Bertz CT molecular complexity index is 552. The number of hydrogen-bond acceptors (Lipinski definition) is 5. The summed E-state index contributed by atoms with van der Waals surface area (Å²) in [5, 5.41) is 13.8. The summed E-state index contributed by atoms with van der Waals surface area (Å²) in [6, 6.07) is 5.97. The Labute approximate surface area is 113 Å². The van der Waals surface area contributed by atoms with Gasteiger partial charge in [0, 0.05) is 24.0 Å². The van der Waals surface area contributed by atoms with Crippen molar-refractivity contribution in [2.24, 2.45) is 4.99 Å². The van der Waals surface area contributed by atoms with Crippen LogP contribution in [0.3, 0.4) is 0 Å². The molecule has 7 heteroatoms. The Morgan fingerprint density at radius 2 is 2.16 bits per heavy atom. The second-order valence-corrected chi connectivity index (χ2v) is 4.79. The van der Waals surface area contributed by atoms with Gasteiger partial charge in [-0.15, -0.1) is 0 Å². The number of aliphatic imine (C=N–C) groups is 1. The number of amidine groups is 1. The number of carbonyl (C=O) groups is 1. The third-order valence-electron chi connectivity index (χ3n) is 2.35. The van der Waals surface area contributed by atoms with Gasteiger partial charge in [0.15, 0.2) is 5.17 Å². The fourth-order valence-corrected chi connectivity index (χ4v) is 2.17. The van der Waals surface area contributed by atoms with Crippen LogP contribution in [-0.2, 0) is 4.79 Å². The van der Waals surface area contributed by atoms with Crippen molar-refractivity contribution in [1.82, 2.24) is 5.32 Å². The first-order valence-electron chi connectivity index (χ1n) is 5.56. The number of nitrogens with zero attached hydrogens (tertiary/aromatic N) is 2. The van der Waals surface area contributed by atoms with Gasteiger partial charge < -0.3 is 5.32 Å². The molecule has 1 N–H and O–H groups in total. The molecule has 1 aromatic carbocycles. The Kier molecular flexibility index (Phi) is 4.30. The number of nitrogens with one attached hydrogen (secondary N) is 1. The van der Waals surface area contributed by atoms with Crippen molar-refractivity contribution in [2.75, 3.05) is 12.3 Å². The first-order valence-corrected chi connectivity index (χ1v) is 6.54. The van der Waals surface area contributed by atoms with Crippen molar-refractivity contribution in [1.29, 1.82) is 0 Å². The van der Waals surface area contributed by atoms with Gasteiger partial charge >= 0.3 is 0 Å². The molecule has 0 spiro atoms. The minimum Gasteiger partial charge on any atom is -0.302 e. The van der Waals surface area contributed by atoms with E-state index in [9.17, 15) is 14.9 Å². The lowest BCUT2D eigenvalue weighted by molar-refractivity contribution is -0.384. The number of hydrogen-bond donors (Lipinski definition) is 1. The molecular formula is C12H11N3O3S. The average molecular weight is 277 g/mol. The van der Waals surface area contributed by atoms with Crippen molar-refractivity contribution in [3.8, 4) is 0 Å². The first-order chi connectivity index (χ1) is 9.15. The summed E-state index contributed by atoms with van der Waals surface area (Å²) in [6.45, 7) is 0.729.